The van der Waals surface area contributed by atoms with Crippen LogP contribution in [-0.4, -0.2) is 24.7 Å². The van der Waals surface area contributed by atoms with Gasteiger partial charge in [0.15, 0.2) is 0 Å². The standard InChI is InChI=1S/C19H18N2O4S/c1-4-7-21-16-6-5-13(10-17(16)26-19(21)23)20-18(22)12-8-14(24-2)11-15(9-12)25-3/h4-6,8-11H,1,7H2,2-3H3,(H,20,22). The van der Waals surface area contributed by atoms with E-state index in [1.54, 1.807) is 41.0 Å². The van der Waals surface area contributed by atoms with Crippen LogP contribution in [0.5, 0.6) is 11.5 Å². The number of hydrogen-bond donors (Lipinski definition) is 1. The molecule has 0 spiro atoms. The highest BCUT2D eigenvalue weighted by Crippen LogP contribution is 2.25. The van der Waals surface area contributed by atoms with Crippen molar-refractivity contribution in [3.63, 3.8) is 0 Å². The van der Waals surface area contributed by atoms with Crippen LogP contribution in [-0.2, 0) is 6.54 Å². The van der Waals surface area contributed by atoms with Gasteiger partial charge in [0.05, 0.1) is 24.4 Å². The van der Waals surface area contributed by atoms with Gasteiger partial charge in [-0.25, -0.2) is 0 Å². The summed E-state index contributed by atoms with van der Waals surface area (Å²) in [7, 11) is 3.06. The smallest absolute Gasteiger partial charge is 0.308 e. The minimum atomic E-state index is -0.292. The van der Waals surface area contributed by atoms with Crippen LogP contribution in [0.25, 0.3) is 10.2 Å². The molecule has 1 heterocycles. The highest BCUT2D eigenvalue weighted by Gasteiger charge is 2.12. The lowest BCUT2D eigenvalue weighted by Gasteiger charge is -2.09. The molecule has 1 N–H and O–H groups in total. The molecule has 0 bridgehead atoms. The maximum atomic E-state index is 12.6. The summed E-state index contributed by atoms with van der Waals surface area (Å²) in [6, 6.07) is 10.3. The summed E-state index contributed by atoms with van der Waals surface area (Å²) in [6.07, 6.45) is 1.68. The van der Waals surface area contributed by atoms with E-state index in [0.717, 1.165) is 21.6 Å². The first-order valence-corrected chi connectivity index (χ1v) is 8.66. The molecule has 0 aliphatic rings. The number of carbonyl (C=O) groups excluding carboxylic acids is 1. The molecule has 0 aliphatic carbocycles. The Balaban J connectivity index is 1.90. The van der Waals surface area contributed by atoms with Gasteiger partial charge >= 0.3 is 4.87 Å². The van der Waals surface area contributed by atoms with E-state index < -0.39 is 0 Å². The molecule has 0 unspecified atom stereocenters. The zero-order valence-electron chi connectivity index (χ0n) is 14.4. The summed E-state index contributed by atoms with van der Waals surface area (Å²) in [4.78, 5) is 24.6. The zero-order valence-corrected chi connectivity index (χ0v) is 15.3. The number of carbonyl (C=O) groups is 1. The van der Waals surface area contributed by atoms with Crippen molar-refractivity contribution < 1.29 is 14.3 Å². The van der Waals surface area contributed by atoms with Crippen molar-refractivity contribution in [2.45, 2.75) is 6.54 Å². The minimum absolute atomic E-state index is 0.0547. The first kappa shape index (κ1) is 17.8. The molecule has 7 heteroatoms. The maximum Gasteiger partial charge on any atom is 0.308 e. The fourth-order valence-corrected chi connectivity index (χ4v) is 3.53. The number of fused-ring (bicyclic) bond motifs is 1. The van der Waals surface area contributed by atoms with E-state index in [1.165, 1.54) is 14.2 Å². The molecule has 2 aromatic carbocycles. The monoisotopic (exact) mass is 370 g/mol. The number of ether oxygens (including phenoxy) is 2. The number of nitrogens with one attached hydrogen (secondary N) is 1. The van der Waals surface area contributed by atoms with Crippen molar-refractivity contribution in [2.24, 2.45) is 0 Å². The van der Waals surface area contributed by atoms with Crippen LogP contribution >= 0.6 is 11.3 Å². The summed E-state index contributed by atoms with van der Waals surface area (Å²) in [5.74, 6) is 0.772. The predicted octanol–water partition coefficient (Wildman–Crippen LogP) is 3.52. The second kappa shape index (κ2) is 7.45. The van der Waals surface area contributed by atoms with Gasteiger partial charge in [-0.15, -0.1) is 6.58 Å². The highest BCUT2D eigenvalue weighted by atomic mass is 32.1. The lowest BCUT2D eigenvalue weighted by Crippen LogP contribution is -2.12. The quantitative estimate of drug-likeness (QED) is 0.674. The third-order valence-electron chi connectivity index (χ3n) is 3.85. The van der Waals surface area contributed by atoms with Gasteiger partial charge in [0.2, 0.25) is 0 Å². The molecule has 6 nitrogen and oxygen atoms in total. The van der Waals surface area contributed by atoms with E-state index in [-0.39, 0.29) is 10.8 Å². The second-order valence-electron chi connectivity index (χ2n) is 5.51. The molecule has 0 radical (unpaired) electrons. The number of thiazole rings is 1. The fraction of sp³-hybridized carbons (Fsp3) is 0.158. The molecule has 134 valence electrons. The Labute approximate surface area is 154 Å². The molecular weight excluding hydrogens is 352 g/mol. The van der Waals surface area contributed by atoms with Crippen molar-refractivity contribution in [3.8, 4) is 11.5 Å². The molecule has 1 aromatic heterocycles. The van der Waals surface area contributed by atoms with Crippen molar-refractivity contribution in [3.05, 3.63) is 64.3 Å². The number of benzene rings is 2. The van der Waals surface area contributed by atoms with Crippen molar-refractivity contribution in [2.75, 3.05) is 19.5 Å². The predicted molar refractivity (Wildman–Crippen MR) is 104 cm³/mol. The van der Waals surface area contributed by atoms with Crippen LogP contribution in [0.1, 0.15) is 10.4 Å². The molecule has 26 heavy (non-hydrogen) atoms. The van der Waals surface area contributed by atoms with E-state index in [0.29, 0.717) is 29.3 Å². The Morgan fingerprint density at radius 3 is 2.50 bits per heavy atom. The maximum absolute atomic E-state index is 12.6. The summed E-state index contributed by atoms with van der Waals surface area (Å²) in [5.41, 5.74) is 1.84. The van der Waals surface area contributed by atoms with E-state index in [1.807, 2.05) is 6.07 Å². The van der Waals surface area contributed by atoms with E-state index in [2.05, 4.69) is 11.9 Å². The Morgan fingerprint density at radius 2 is 1.88 bits per heavy atom. The largest absolute Gasteiger partial charge is 0.497 e. The lowest BCUT2D eigenvalue weighted by molar-refractivity contribution is 0.102. The molecular formula is C19H18N2O4S. The van der Waals surface area contributed by atoms with E-state index in [9.17, 15) is 9.59 Å². The van der Waals surface area contributed by atoms with Gasteiger partial charge in [0.1, 0.15) is 11.5 Å². The van der Waals surface area contributed by atoms with Crippen LogP contribution in [0.15, 0.2) is 53.8 Å². The van der Waals surface area contributed by atoms with Crippen LogP contribution in [0.4, 0.5) is 5.69 Å². The molecule has 3 aromatic rings. The third kappa shape index (κ3) is 3.48. The number of rotatable bonds is 6. The van der Waals surface area contributed by atoms with Crippen LogP contribution in [0.2, 0.25) is 0 Å². The Bertz CT molecular complexity index is 1010. The van der Waals surface area contributed by atoms with E-state index in [4.69, 9.17) is 9.47 Å². The van der Waals surface area contributed by atoms with Crippen molar-refractivity contribution >= 4 is 33.1 Å². The average Bonchev–Trinajstić information content (AvgIpc) is 2.96. The van der Waals surface area contributed by atoms with Gasteiger partial charge < -0.3 is 14.8 Å². The normalized spacial score (nSPS) is 10.5. The Kier molecular flexibility index (Phi) is 5.09. The van der Waals surface area contributed by atoms with Crippen LogP contribution in [0.3, 0.4) is 0 Å². The number of hydrogen-bond acceptors (Lipinski definition) is 5. The molecule has 0 atom stereocenters. The van der Waals surface area contributed by atoms with Crippen LogP contribution in [0, 0.1) is 0 Å². The minimum Gasteiger partial charge on any atom is -0.497 e. The van der Waals surface area contributed by atoms with Gasteiger partial charge in [-0.2, -0.15) is 0 Å². The average molecular weight is 370 g/mol. The van der Waals surface area contributed by atoms with Crippen LogP contribution < -0.4 is 19.7 Å². The third-order valence-corrected chi connectivity index (χ3v) is 4.79. The number of methoxy groups -OCH3 is 2. The topological polar surface area (TPSA) is 69.6 Å². The molecule has 0 aliphatic heterocycles. The molecule has 1 amide bonds. The molecule has 0 saturated carbocycles. The first-order chi connectivity index (χ1) is 12.5. The number of amides is 1. The number of anilines is 1. The highest BCUT2D eigenvalue weighted by molar-refractivity contribution is 7.16. The molecule has 0 fully saturated rings. The molecule has 3 rings (SSSR count). The summed E-state index contributed by atoms with van der Waals surface area (Å²) >= 11 is 1.14. The summed E-state index contributed by atoms with van der Waals surface area (Å²) < 4.78 is 12.8. The SMILES string of the molecule is C=CCn1c(=O)sc2cc(NC(=O)c3cc(OC)cc(OC)c3)ccc21. The molecule has 0 saturated heterocycles. The van der Waals surface area contributed by atoms with Gasteiger partial charge in [-0.05, 0) is 30.3 Å². The lowest BCUT2D eigenvalue weighted by atomic mass is 10.1. The Hall–Kier alpha value is -3.06. The summed E-state index contributed by atoms with van der Waals surface area (Å²) in [5, 5.41) is 2.84. The fourth-order valence-electron chi connectivity index (χ4n) is 2.59. The number of allylic oxidation sites excluding steroid dienone is 1. The number of nitrogens with zero attached hydrogens (tertiary/aromatic N) is 1. The van der Waals surface area contributed by atoms with Gasteiger partial charge in [-0.3, -0.25) is 14.2 Å². The summed E-state index contributed by atoms with van der Waals surface area (Å²) in [6.45, 7) is 4.12. The van der Waals surface area contributed by atoms with Crippen molar-refractivity contribution in [1.82, 2.24) is 4.57 Å². The van der Waals surface area contributed by atoms with E-state index >= 15 is 0 Å². The Morgan fingerprint density at radius 1 is 1.19 bits per heavy atom. The van der Waals surface area contributed by atoms with Gasteiger partial charge in [0.25, 0.3) is 5.91 Å². The second-order valence-corrected chi connectivity index (χ2v) is 6.50. The number of aromatic nitrogens is 1. The first-order valence-electron chi connectivity index (χ1n) is 7.84. The van der Waals surface area contributed by atoms with Gasteiger partial charge in [0, 0.05) is 23.9 Å². The van der Waals surface area contributed by atoms with Gasteiger partial charge in [-0.1, -0.05) is 17.4 Å². The zero-order chi connectivity index (χ0) is 18.7. The van der Waals surface area contributed by atoms with Crippen molar-refractivity contribution in [1.29, 1.82) is 0 Å².